The lowest BCUT2D eigenvalue weighted by Crippen LogP contribution is -2.20. The van der Waals surface area contributed by atoms with Crippen LogP contribution in [-0.2, 0) is 6.42 Å². The maximum Gasteiger partial charge on any atom is 0.254 e. The van der Waals surface area contributed by atoms with E-state index in [-0.39, 0.29) is 17.9 Å². The Hall–Kier alpha value is -1.68. The van der Waals surface area contributed by atoms with E-state index in [1.165, 1.54) is 6.07 Å². The van der Waals surface area contributed by atoms with Crippen molar-refractivity contribution >= 4 is 11.6 Å². The van der Waals surface area contributed by atoms with E-state index in [0.717, 1.165) is 0 Å². The van der Waals surface area contributed by atoms with Crippen LogP contribution in [0.2, 0.25) is 5.02 Å². The molecule has 0 amide bonds. The van der Waals surface area contributed by atoms with Crippen LogP contribution in [0.5, 0.6) is 0 Å². The fraction of sp³-hybridized carbons (Fsp3) is 0.333. The molecule has 1 aromatic carbocycles. The molecule has 0 fully saturated rings. The van der Waals surface area contributed by atoms with E-state index in [4.69, 9.17) is 11.6 Å². The maximum atomic E-state index is 13.7. The molecule has 1 N–H and O–H groups in total. The minimum absolute atomic E-state index is 0.0948. The zero-order valence-corrected chi connectivity index (χ0v) is 12.4. The average Bonchev–Trinajstić information content (AvgIpc) is 2.32. The molecule has 0 saturated heterocycles. The Kier molecular flexibility index (Phi) is 4.23. The highest BCUT2D eigenvalue weighted by atomic mass is 35.5. The van der Waals surface area contributed by atoms with Gasteiger partial charge in [-0.25, -0.2) is 9.37 Å². The molecule has 2 rings (SSSR count). The normalized spacial score (nSPS) is 11.1. The van der Waals surface area contributed by atoms with E-state index in [2.05, 4.69) is 9.97 Å². The predicted octanol–water partition coefficient (Wildman–Crippen LogP) is 3.59. The molecule has 5 heteroatoms. The van der Waals surface area contributed by atoms with Gasteiger partial charge in [0.1, 0.15) is 11.6 Å². The molecule has 0 saturated carbocycles. The topological polar surface area (TPSA) is 45.8 Å². The van der Waals surface area contributed by atoms with Gasteiger partial charge in [0.25, 0.3) is 5.56 Å². The van der Waals surface area contributed by atoms with Crippen molar-refractivity contribution in [2.24, 2.45) is 0 Å². The van der Waals surface area contributed by atoms with Crippen molar-refractivity contribution in [3.05, 3.63) is 62.0 Å². The Morgan fingerprint density at radius 2 is 2.10 bits per heavy atom. The van der Waals surface area contributed by atoms with Crippen LogP contribution in [0, 0.1) is 12.7 Å². The minimum atomic E-state index is -0.397. The zero-order valence-electron chi connectivity index (χ0n) is 11.6. The standard InChI is InChI=1S/C15H16ClFN2O/c1-8(2)14-9(3)18-13(19-15(14)20)7-10-11(16)5-4-6-12(10)17/h4-6,8H,7H2,1-3H3,(H,18,19,20). The number of nitrogens with one attached hydrogen (secondary N) is 1. The lowest BCUT2D eigenvalue weighted by molar-refractivity contribution is 0.611. The van der Waals surface area contributed by atoms with Crippen LogP contribution in [0.3, 0.4) is 0 Å². The van der Waals surface area contributed by atoms with Crippen molar-refractivity contribution < 1.29 is 4.39 Å². The van der Waals surface area contributed by atoms with E-state index in [1.807, 2.05) is 13.8 Å². The third-order valence-electron chi connectivity index (χ3n) is 3.18. The Labute approximate surface area is 121 Å². The lowest BCUT2D eigenvalue weighted by Gasteiger charge is -2.10. The highest BCUT2D eigenvalue weighted by Gasteiger charge is 2.14. The summed E-state index contributed by atoms with van der Waals surface area (Å²) in [7, 11) is 0. The zero-order chi connectivity index (χ0) is 14.9. The van der Waals surface area contributed by atoms with Crippen molar-refractivity contribution in [3.63, 3.8) is 0 Å². The number of rotatable bonds is 3. The molecule has 0 radical (unpaired) electrons. The number of aromatic amines is 1. The molecule has 3 nitrogen and oxygen atoms in total. The first-order valence-corrected chi connectivity index (χ1v) is 6.80. The van der Waals surface area contributed by atoms with E-state index in [1.54, 1.807) is 19.1 Å². The van der Waals surface area contributed by atoms with Crippen LogP contribution in [0.1, 0.15) is 42.4 Å². The summed E-state index contributed by atoms with van der Waals surface area (Å²) in [5.74, 6) is 0.118. The fourth-order valence-corrected chi connectivity index (χ4v) is 2.52. The molecule has 0 aliphatic heterocycles. The van der Waals surface area contributed by atoms with Gasteiger partial charge in [-0.1, -0.05) is 31.5 Å². The maximum absolute atomic E-state index is 13.7. The van der Waals surface area contributed by atoms with E-state index in [9.17, 15) is 9.18 Å². The molecular formula is C15H16ClFN2O. The Morgan fingerprint density at radius 3 is 2.65 bits per heavy atom. The number of nitrogens with zero attached hydrogens (tertiary/aromatic N) is 1. The summed E-state index contributed by atoms with van der Waals surface area (Å²) >= 11 is 5.98. The predicted molar refractivity (Wildman–Crippen MR) is 77.9 cm³/mol. The van der Waals surface area contributed by atoms with Crippen molar-refractivity contribution in [2.45, 2.75) is 33.1 Å². The quantitative estimate of drug-likeness (QED) is 0.940. The number of aromatic nitrogens is 2. The second-order valence-corrected chi connectivity index (χ2v) is 5.45. The first-order chi connectivity index (χ1) is 9.40. The van der Waals surface area contributed by atoms with Gasteiger partial charge in [-0.15, -0.1) is 0 Å². The summed E-state index contributed by atoms with van der Waals surface area (Å²) in [6.07, 6.45) is 0.167. The molecule has 0 bridgehead atoms. The Morgan fingerprint density at radius 1 is 1.40 bits per heavy atom. The third-order valence-corrected chi connectivity index (χ3v) is 3.53. The molecule has 20 heavy (non-hydrogen) atoms. The van der Waals surface area contributed by atoms with Crippen LogP contribution < -0.4 is 5.56 Å². The molecule has 1 heterocycles. The highest BCUT2D eigenvalue weighted by Crippen LogP contribution is 2.21. The third kappa shape index (κ3) is 2.90. The van der Waals surface area contributed by atoms with Crippen molar-refractivity contribution in [1.82, 2.24) is 9.97 Å². The summed E-state index contributed by atoms with van der Waals surface area (Å²) < 4.78 is 13.7. The first-order valence-electron chi connectivity index (χ1n) is 6.42. The van der Waals surface area contributed by atoms with Gasteiger partial charge < -0.3 is 4.98 Å². The highest BCUT2D eigenvalue weighted by molar-refractivity contribution is 6.31. The Bertz CT molecular complexity index is 675. The average molecular weight is 295 g/mol. The van der Waals surface area contributed by atoms with Gasteiger partial charge in [-0.3, -0.25) is 4.79 Å². The SMILES string of the molecule is Cc1nc(Cc2c(F)cccc2Cl)[nH]c(=O)c1C(C)C. The van der Waals surface area contributed by atoms with E-state index in [0.29, 0.717) is 27.7 Å². The van der Waals surface area contributed by atoms with Crippen LogP contribution in [0.4, 0.5) is 4.39 Å². The monoisotopic (exact) mass is 294 g/mol. The molecule has 2 aromatic rings. The number of H-pyrrole nitrogens is 1. The number of hydrogen-bond donors (Lipinski definition) is 1. The molecular weight excluding hydrogens is 279 g/mol. The molecule has 106 valence electrons. The second kappa shape index (κ2) is 5.75. The summed E-state index contributed by atoms with van der Waals surface area (Å²) in [6.45, 7) is 5.66. The number of hydrogen-bond acceptors (Lipinski definition) is 2. The van der Waals surface area contributed by atoms with Crippen molar-refractivity contribution in [1.29, 1.82) is 0 Å². The molecule has 0 unspecified atom stereocenters. The van der Waals surface area contributed by atoms with Crippen LogP contribution in [0.25, 0.3) is 0 Å². The summed E-state index contributed by atoms with van der Waals surface area (Å²) in [5, 5.41) is 0.332. The van der Waals surface area contributed by atoms with Gasteiger partial charge in [0.05, 0.1) is 0 Å². The van der Waals surface area contributed by atoms with Gasteiger partial charge in [0, 0.05) is 28.3 Å². The molecule has 0 atom stereocenters. The van der Waals surface area contributed by atoms with E-state index < -0.39 is 5.82 Å². The first kappa shape index (κ1) is 14.7. The molecule has 0 aliphatic rings. The molecule has 0 aliphatic carbocycles. The van der Waals surface area contributed by atoms with Crippen LogP contribution in [0.15, 0.2) is 23.0 Å². The Balaban J connectivity index is 2.43. The van der Waals surface area contributed by atoms with Crippen molar-refractivity contribution in [3.8, 4) is 0 Å². The van der Waals surface area contributed by atoms with Crippen molar-refractivity contribution in [2.75, 3.05) is 0 Å². The number of aryl methyl sites for hydroxylation is 1. The lowest BCUT2D eigenvalue weighted by atomic mass is 10.0. The van der Waals surface area contributed by atoms with E-state index >= 15 is 0 Å². The van der Waals surface area contributed by atoms with Gasteiger partial charge in [-0.2, -0.15) is 0 Å². The fourth-order valence-electron chi connectivity index (χ4n) is 2.29. The largest absolute Gasteiger partial charge is 0.310 e. The summed E-state index contributed by atoms with van der Waals surface area (Å²) in [6, 6.07) is 4.51. The molecule has 0 spiro atoms. The molecule has 1 aromatic heterocycles. The number of benzene rings is 1. The summed E-state index contributed by atoms with van der Waals surface area (Å²) in [5.41, 5.74) is 1.50. The van der Waals surface area contributed by atoms with Crippen LogP contribution in [-0.4, -0.2) is 9.97 Å². The number of halogens is 2. The summed E-state index contributed by atoms with van der Waals surface area (Å²) in [4.78, 5) is 19.1. The minimum Gasteiger partial charge on any atom is -0.310 e. The van der Waals surface area contributed by atoms with Gasteiger partial charge in [0.15, 0.2) is 0 Å². The van der Waals surface area contributed by atoms with Gasteiger partial charge in [-0.05, 0) is 25.0 Å². The smallest absolute Gasteiger partial charge is 0.254 e. The van der Waals surface area contributed by atoms with Crippen LogP contribution >= 0.6 is 11.6 Å². The second-order valence-electron chi connectivity index (χ2n) is 5.04. The van der Waals surface area contributed by atoms with Gasteiger partial charge in [0.2, 0.25) is 0 Å². The van der Waals surface area contributed by atoms with Gasteiger partial charge >= 0.3 is 0 Å².